The molecule has 0 unspecified atom stereocenters. The third-order valence-electron chi connectivity index (χ3n) is 4.02. The van der Waals surface area contributed by atoms with Gasteiger partial charge in [-0.3, -0.25) is 4.79 Å². The molecule has 116 valence electrons. The van der Waals surface area contributed by atoms with Crippen molar-refractivity contribution in [3.63, 3.8) is 0 Å². The highest BCUT2D eigenvalue weighted by Gasteiger charge is 2.41. The molecule has 7 heteroatoms. The van der Waals surface area contributed by atoms with Crippen LogP contribution in [0.3, 0.4) is 0 Å². The quantitative estimate of drug-likeness (QED) is 0.816. The van der Waals surface area contributed by atoms with Gasteiger partial charge in [-0.25, -0.2) is 13.6 Å². The average Bonchev–Trinajstić information content (AvgIpc) is 2.37. The Balaban J connectivity index is 2.56. The first-order chi connectivity index (χ1) is 9.27. The van der Waals surface area contributed by atoms with Crippen molar-refractivity contribution in [3.8, 4) is 0 Å². The van der Waals surface area contributed by atoms with Gasteiger partial charge in [0, 0.05) is 13.6 Å². The summed E-state index contributed by atoms with van der Waals surface area (Å²) in [6.45, 7) is 1.39. The van der Waals surface area contributed by atoms with Crippen molar-refractivity contribution in [2.24, 2.45) is 11.3 Å². The number of amides is 2. The van der Waals surface area contributed by atoms with Gasteiger partial charge in [-0.05, 0) is 31.6 Å². The summed E-state index contributed by atoms with van der Waals surface area (Å²) in [5, 5.41) is 11.9. The van der Waals surface area contributed by atoms with Crippen LogP contribution in [0.2, 0.25) is 0 Å². The fraction of sp³-hybridized carbons (Fsp3) is 0.846. The Morgan fingerprint density at radius 3 is 2.40 bits per heavy atom. The molecular formula is C13H22F2N2O3. The molecule has 0 radical (unpaired) electrons. The van der Waals surface area contributed by atoms with E-state index in [9.17, 15) is 23.5 Å². The van der Waals surface area contributed by atoms with Gasteiger partial charge in [-0.2, -0.15) is 0 Å². The maximum absolute atomic E-state index is 12.2. The smallest absolute Gasteiger partial charge is 0.317 e. The van der Waals surface area contributed by atoms with Crippen LogP contribution in [0.15, 0.2) is 0 Å². The van der Waals surface area contributed by atoms with Crippen molar-refractivity contribution >= 4 is 12.0 Å². The Hall–Kier alpha value is -1.40. The molecule has 1 aliphatic carbocycles. The second-order valence-electron chi connectivity index (χ2n) is 5.70. The first-order valence-corrected chi connectivity index (χ1v) is 6.77. The molecule has 0 aliphatic heterocycles. The van der Waals surface area contributed by atoms with Gasteiger partial charge in [-0.1, -0.05) is 6.92 Å². The van der Waals surface area contributed by atoms with Gasteiger partial charge in [0.1, 0.15) is 0 Å². The first kappa shape index (κ1) is 16.7. The molecule has 0 spiro atoms. The molecule has 1 saturated carbocycles. The van der Waals surface area contributed by atoms with E-state index >= 15 is 0 Å². The molecule has 1 aliphatic rings. The molecule has 0 aromatic carbocycles. The number of carbonyl (C=O) groups excluding carboxylic acids is 1. The topological polar surface area (TPSA) is 69.6 Å². The van der Waals surface area contributed by atoms with Crippen LogP contribution in [0.1, 0.15) is 32.6 Å². The number of rotatable bonds is 5. The van der Waals surface area contributed by atoms with E-state index in [0.717, 1.165) is 17.7 Å². The lowest BCUT2D eigenvalue weighted by Crippen LogP contribution is -2.48. The van der Waals surface area contributed by atoms with Gasteiger partial charge < -0.3 is 15.3 Å². The minimum Gasteiger partial charge on any atom is -0.481 e. The number of hydrogen-bond acceptors (Lipinski definition) is 2. The standard InChI is InChI=1S/C13H22F2N2O3/c1-9-3-5-13(6-4-9,11(18)19)8-16-12(20)17(2)7-10(14)15/h9-10H,3-8H2,1-2H3,(H,16,20)(H,18,19). The summed E-state index contributed by atoms with van der Waals surface area (Å²) < 4.78 is 24.3. The molecule has 0 atom stereocenters. The van der Waals surface area contributed by atoms with Gasteiger partial charge >= 0.3 is 12.0 Å². The zero-order chi connectivity index (χ0) is 15.3. The number of halogens is 2. The van der Waals surface area contributed by atoms with Crippen LogP contribution in [-0.4, -0.2) is 48.6 Å². The average molecular weight is 292 g/mol. The Morgan fingerprint density at radius 1 is 1.40 bits per heavy atom. The number of alkyl halides is 2. The predicted octanol–water partition coefficient (Wildman–Crippen LogP) is 2.17. The number of nitrogens with zero attached hydrogens (tertiary/aromatic N) is 1. The Bertz CT molecular complexity index is 356. The number of carboxylic acids is 1. The number of nitrogens with one attached hydrogen (secondary N) is 1. The summed E-state index contributed by atoms with van der Waals surface area (Å²) in [7, 11) is 1.26. The van der Waals surface area contributed by atoms with Crippen molar-refractivity contribution in [3.05, 3.63) is 0 Å². The number of carbonyl (C=O) groups is 2. The van der Waals surface area contributed by atoms with Crippen molar-refractivity contribution in [2.75, 3.05) is 20.1 Å². The number of aliphatic carboxylic acids is 1. The minimum absolute atomic E-state index is 0.0124. The number of urea groups is 1. The van der Waals surface area contributed by atoms with Crippen LogP contribution < -0.4 is 5.32 Å². The van der Waals surface area contributed by atoms with E-state index in [1.807, 2.05) is 0 Å². The van der Waals surface area contributed by atoms with E-state index in [4.69, 9.17) is 0 Å². The second kappa shape index (κ2) is 6.85. The SMILES string of the molecule is CC1CCC(CNC(=O)N(C)CC(F)F)(C(=O)O)CC1. The predicted molar refractivity (Wildman–Crippen MR) is 69.7 cm³/mol. The van der Waals surface area contributed by atoms with Gasteiger partial charge in [-0.15, -0.1) is 0 Å². The molecule has 0 aromatic heterocycles. The maximum Gasteiger partial charge on any atom is 0.317 e. The lowest BCUT2D eigenvalue weighted by Gasteiger charge is -2.36. The van der Waals surface area contributed by atoms with Crippen LogP contribution in [0.4, 0.5) is 13.6 Å². The fourth-order valence-electron chi connectivity index (χ4n) is 2.45. The Kier molecular flexibility index (Phi) is 5.71. The van der Waals surface area contributed by atoms with E-state index in [1.54, 1.807) is 0 Å². The second-order valence-corrected chi connectivity index (χ2v) is 5.70. The highest BCUT2D eigenvalue weighted by atomic mass is 19.3. The molecule has 20 heavy (non-hydrogen) atoms. The maximum atomic E-state index is 12.2. The number of hydrogen-bond donors (Lipinski definition) is 2. The molecule has 0 bridgehead atoms. The zero-order valence-electron chi connectivity index (χ0n) is 11.9. The van der Waals surface area contributed by atoms with E-state index in [0.29, 0.717) is 18.8 Å². The highest BCUT2D eigenvalue weighted by molar-refractivity contribution is 5.78. The summed E-state index contributed by atoms with van der Waals surface area (Å²) >= 11 is 0. The molecule has 1 fully saturated rings. The van der Waals surface area contributed by atoms with Crippen molar-refractivity contribution in [1.82, 2.24) is 10.2 Å². The molecule has 0 saturated heterocycles. The van der Waals surface area contributed by atoms with Crippen molar-refractivity contribution in [2.45, 2.75) is 39.0 Å². The van der Waals surface area contributed by atoms with Gasteiger partial charge in [0.2, 0.25) is 0 Å². The Morgan fingerprint density at radius 2 is 1.95 bits per heavy atom. The Labute approximate surface area is 117 Å². The minimum atomic E-state index is -2.60. The van der Waals surface area contributed by atoms with Crippen LogP contribution in [0.25, 0.3) is 0 Å². The lowest BCUT2D eigenvalue weighted by atomic mass is 9.71. The summed E-state index contributed by atoms with van der Waals surface area (Å²) in [4.78, 5) is 24.0. The molecule has 2 N–H and O–H groups in total. The third-order valence-corrected chi connectivity index (χ3v) is 4.02. The normalized spacial score (nSPS) is 26.4. The number of carboxylic acid groups (broad SMARTS) is 1. The van der Waals surface area contributed by atoms with Gasteiger partial charge in [0.15, 0.2) is 0 Å². The van der Waals surface area contributed by atoms with Crippen molar-refractivity contribution in [1.29, 1.82) is 0 Å². The van der Waals surface area contributed by atoms with Crippen LogP contribution >= 0.6 is 0 Å². The lowest BCUT2D eigenvalue weighted by molar-refractivity contribution is -0.151. The molecular weight excluding hydrogens is 270 g/mol. The fourth-order valence-corrected chi connectivity index (χ4v) is 2.45. The van der Waals surface area contributed by atoms with E-state index in [2.05, 4.69) is 12.2 Å². The molecule has 5 nitrogen and oxygen atoms in total. The van der Waals surface area contributed by atoms with E-state index in [-0.39, 0.29) is 6.54 Å². The van der Waals surface area contributed by atoms with Crippen LogP contribution in [0, 0.1) is 11.3 Å². The van der Waals surface area contributed by atoms with Gasteiger partial charge in [0.25, 0.3) is 6.43 Å². The van der Waals surface area contributed by atoms with Crippen molar-refractivity contribution < 1.29 is 23.5 Å². The highest BCUT2D eigenvalue weighted by Crippen LogP contribution is 2.38. The first-order valence-electron chi connectivity index (χ1n) is 6.77. The molecule has 2 amide bonds. The molecule has 0 aromatic rings. The van der Waals surface area contributed by atoms with E-state index in [1.165, 1.54) is 7.05 Å². The summed E-state index contributed by atoms with van der Waals surface area (Å²) in [5.41, 5.74) is -0.964. The van der Waals surface area contributed by atoms with E-state index < -0.39 is 30.4 Å². The molecule has 0 heterocycles. The summed E-state index contributed by atoms with van der Waals surface area (Å²) in [5.74, 6) is -0.444. The van der Waals surface area contributed by atoms with Crippen LogP contribution in [0.5, 0.6) is 0 Å². The zero-order valence-corrected chi connectivity index (χ0v) is 11.9. The van der Waals surface area contributed by atoms with Gasteiger partial charge in [0.05, 0.1) is 12.0 Å². The third kappa shape index (κ3) is 4.31. The summed E-state index contributed by atoms with van der Waals surface area (Å²) in [6.07, 6.45) is 0.00381. The summed E-state index contributed by atoms with van der Waals surface area (Å²) in [6, 6.07) is -0.662. The van der Waals surface area contributed by atoms with Crippen LogP contribution in [-0.2, 0) is 4.79 Å². The largest absolute Gasteiger partial charge is 0.481 e. The monoisotopic (exact) mass is 292 g/mol. The molecule has 1 rings (SSSR count).